The molecule has 4 nitrogen and oxygen atoms in total. The Labute approximate surface area is 109 Å². The lowest BCUT2D eigenvalue weighted by Crippen LogP contribution is -2.10. The highest BCUT2D eigenvalue weighted by Crippen LogP contribution is 2.23. The maximum absolute atomic E-state index is 11.9. The number of carbonyl (C=O) groups excluding carboxylic acids is 1. The zero-order chi connectivity index (χ0) is 13.1. The molecule has 0 saturated heterocycles. The Bertz CT molecular complexity index is 578. The average molecular weight is 262 g/mol. The van der Waals surface area contributed by atoms with Crippen LogP contribution < -0.4 is 15.8 Å². The second-order valence-corrected chi connectivity index (χ2v) is 4.79. The lowest BCUT2D eigenvalue weighted by molar-refractivity contribution is 0.103. The molecule has 0 fully saturated rings. The number of anilines is 2. The zero-order valence-corrected chi connectivity index (χ0v) is 11.0. The number of nitrogen functional groups attached to an aromatic ring is 1. The quantitative estimate of drug-likeness (QED) is 0.836. The minimum absolute atomic E-state index is 0.161. The predicted molar refractivity (Wildman–Crippen MR) is 74.4 cm³/mol. The monoisotopic (exact) mass is 262 g/mol. The molecule has 0 atom stereocenters. The Morgan fingerprint density at radius 1 is 1.39 bits per heavy atom. The number of hydrogen-bond acceptors (Lipinski definition) is 4. The summed E-state index contributed by atoms with van der Waals surface area (Å²) in [5.74, 6) is 0.528. The van der Waals surface area contributed by atoms with Gasteiger partial charge in [-0.1, -0.05) is 6.07 Å². The van der Waals surface area contributed by atoms with Crippen LogP contribution in [-0.4, -0.2) is 13.0 Å². The summed E-state index contributed by atoms with van der Waals surface area (Å²) < 4.78 is 5.04. The van der Waals surface area contributed by atoms with Gasteiger partial charge in [0.25, 0.3) is 5.91 Å². The predicted octanol–water partition coefficient (Wildman–Crippen LogP) is 2.90. The second-order valence-electron chi connectivity index (χ2n) is 3.88. The summed E-state index contributed by atoms with van der Waals surface area (Å²) in [5, 5.41) is 4.59. The number of hydrogen-bond donors (Lipinski definition) is 2. The van der Waals surface area contributed by atoms with E-state index in [2.05, 4.69) is 5.32 Å². The van der Waals surface area contributed by atoms with Gasteiger partial charge >= 0.3 is 0 Å². The summed E-state index contributed by atoms with van der Waals surface area (Å²) in [6, 6.07) is 7.16. The fourth-order valence-corrected chi connectivity index (χ4v) is 2.21. The molecule has 1 heterocycles. The minimum atomic E-state index is -0.161. The van der Waals surface area contributed by atoms with E-state index in [1.165, 1.54) is 11.3 Å². The molecule has 1 aromatic heterocycles. The first kappa shape index (κ1) is 12.4. The summed E-state index contributed by atoms with van der Waals surface area (Å²) in [5.41, 5.74) is 8.14. The van der Waals surface area contributed by atoms with Crippen molar-refractivity contribution in [2.75, 3.05) is 18.2 Å². The average Bonchev–Trinajstić information content (AvgIpc) is 2.82. The van der Waals surface area contributed by atoms with E-state index < -0.39 is 0 Å². The molecule has 0 saturated carbocycles. The molecule has 0 aliphatic heterocycles. The Balaban J connectivity index is 2.13. The highest BCUT2D eigenvalue weighted by atomic mass is 32.1. The summed E-state index contributed by atoms with van der Waals surface area (Å²) >= 11 is 1.34. The molecule has 0 aliphatic rings. The van der Waals surface area contributed by atoms with Crippen LogP contribution in [-0.2, 0) is 0 Å². The highest BCUT2D eigenvalue weighted by Gasteiger charge is 2.10. The number of ether oxygens (including phenoxy) is 1. The molecular weight excluding hydrogens is 248 g/mol. The van der Waals surface area contributed by atoms with Gasteiger partial charge in [0.2, 0.25) is 0 Å². The van der Waals surface area contributed by atoms with Crippen molar-refractivity contribution in [3.05, 3.63) is 40.1 Å². The first-order valence-electron chi connectivity index (χ1n) is 5.40. The van der Waals surface area contributed by atoms with E-state index in [4.69, 9.17) is 10.5 Å². The van der Waals surface area contributed by atoms with Crippen LogP contribution in [0.15, 0.2) is 29.6 Å². The van der Waals surface area contributed by atoms with Crippen LogP contribution >= 0.6 is 11.3 Å². The van der Waals surface area contributed by atoms with E-state index in [9.17, 15) is 4.79 Å². The first-order valence-corrected chi connectivity index (χ1v) is 6.28. The number of methoxy groups -OCH3 is 1. The van der Waals surface area contributed by atoms with Gasteiger partial charge in [-0.2, -0.15) is 0 Å². The van der Waals surface area contributed by atoms with Crippen LogP contribution in [0.1, 0.15) is 15.2 Å². The zero-order valence-electron chi connectivity index (χ0n) is 10.2. The maximum atomic E-state index is 11.9. The van der Waals surface area contributed by atoms with Gasteiger partial charge in [0.15, 0.2) is 0 Å². The summed E-state index contributed by atoms with van der Waals surface area (Å²) in [6.07, 6.45) is 0. The van der Waals surface area contributed by atoms with Crippen molar-refractivity contribution < 1.29 is 9.53 Å². The fraction of sp³-hybridized carbons (Fsp3) is 0.154. The molecule has 18 heavy (non-hydrogen) atoms. The number of nitrogens with two attached hydrogens (primary N) is 1. The summed E-state index contributed by atoms with van der Waals surface area (Å²) in [7, 11) is 1.57. The van der Waals surface area contributed by atoms with Gasteiger partial charge in [-0.3, -0.25) is 4.79 Å². The molecule has 0 bridgehead atoms. The van der Waals surface area contributed by atoms with Gasteiger partial charge in [-0.05, 0) is 24.6 Å². The largest absolute Gasteiger partial charge is 0.496 e. The molecule has 0 unspecified atom stereocenters. The molecule has 1 aromatic carbocycles. The third-order valence-electron chi connectivity index (χ3n) is 2.57. The lowest BCUT2D eigenvalue weighted by Gasteiger charge is -2.06. The van der Waals surface area contributed by atoms with Crippen molar-refractivity contribution in [3.8, 4) is 5.75 Å². The number of carbonyl (C=O) groups is 1. The third kappa shape index (κ3) is 2.62. The van der Waals surface area contributed by atoms with Crippen LogP contribution in [0.4, 0.5) is 11.4 Å². The lowest BCUT2D eigenvalue weighted by atomic mass is 10.2. The number of nitrogens with one attached hydrogen (secondary N) is 1. The Morgan fingerprint density at radius 3 is 2.78 bits per heavy atom. The van der Waals surface area contributed by atoms with E-state index in [0.717, 1.165) is 5.56 Å². The Morgan fingerprint density at radius 2 is 2.17 bits per heavy atom. The van der Waals surface area contributed by atoms with Gasteiger partial charge in [-0.25, -0.2) is 0 Å². The van der Waals surface area contributed by atoms with Crippen LogP contribution in [0.2, 0.25) is 0 Å². The van der Waals surface area contributed by atoms with Crippen LogP contribution in [0.3, 0.4) is 0 Å². The van der Waals surface area contributed by atoms with E-state index in [1.807, 2.05) is 19.1 Å². The molecule has 1 amide bonds. The van der Waals surface area contributed by atoms with E-state index in [-0.39, 0.29) is 5.91 Å². The molecular formula is C13H14N2O2S. The maximum Gasteiger partial charge on any atom is 0.265 e. The van der Waals surface area contributed by atoms with Crippen molar-refractivity contribution in [1.82, 2.24) is 0 Å². The minimum Gasteiger partial charge on any atom is -0.496 e. The van der Waals surface area contributed by atoms with E-state index >= 15 is 0 Å². The third-order valence-corrected chi connectivity index (χ3v) is 3.48. The molecule has 3 N–H and O–H groups in total. The van der Waals surface area contributed by atoms with Crippen LogP contribution in [0, 0.1) is 6.92 Å². The van der Waals surface area contributed by atoms with Gasteiger partial charge in [0.05, 0.1) is 12.0 Å². The van der Waals surface area contributed by atoms with Crippen LogP contribution in [0.5, 0.6) is 5.75 Å². The molecule has 94 valence electrons. The van der Waals surface area contributed by atoms with Crippen molar-refractivity contribution in [2.24, 2.45) is 0 Å². The van der Waals surface area contributed by atoms with Crippen molar-refractivity contribution in [1.29, 1.82) is 0 Å². The molecule has 0 aliphatic carbocycles. The smallest absolute Gasteiger partial charge is 0.265 e. The summed E-state index contributed by atoms with van der Waals surface area (Å²) in [4.78, 5) is 12.5. The topological polar surface area (TPSA) is 64.3 Å². The number of aryl methyl sites for hydroxylation is 1. The molecule has 0 radical (unpaired) electrons. The van der Waals surface area contributed by atoms with E-state index in [1.54, 1.807) is 24.6 Å². The van der Waals surface area contributed by atoms with Gasteiger partial charge in [-0.15, -0.1) is 11.3 Å². The van der Waals surface area contributed by atoms with E-state index in [0.29, 0.717) is 22.0 Å². The Kier molecular flexibility index (Phi) is 3.53. The van der Waals surface area contributed by atoms with Gasteiger partial charge < -0.3 is 15.8 Å². The van der Waals surface area contributed by atoms with Crippen molar-refractivity contribution in [3.63, 3.8) is 0 Å². The van der Waals surface area contributed by atoms with Gasteiger partial charge in [0, 0.05) is 22.8 Å². The SMILES string of the molecule is COc1csc(C(=O)Nc2ccc(C)c(N)c2)c1. The molecule has 5 heteroatoms. The number of thiophene rings is 1. The first-order chi connectivity index (χ1) is 8.60. The number of benzene rings is 1. The van der Waals surface area contributed by atoms with Gasteiger partial charge in [0.1, 0.15) is 5.75 Å². The summed E-state index contributed by atoms with van der Waals surface area (Å²) in [6.45, 7) is 1.92. The normalized spacial score (nSPS) is 10.1. The highest BCUT2D eigenvalue weighted by molar-refractivity contribution is 7.12. The fourth-order valence-electron chi connectivity index (χ4n) is 1.46. The van der Waals surface area contributed by atoms with Crippen molar-refractivity contribution in [2.45, 2.75) is 6.92 Å². The Hall–Kier alpha value is -2.01. The molecule has 2 aromatic rings. The standard InChI is InChI=1S/C13H14N2O2S/c1-8-3-4-9(5-11(8)14)15-13(16)12-6-10(17-2)7-18-12/h3-7H,14H2,1-2H3,(H,15,16). The number of amides is 1. The molecule has 0 spiro atoms. The van der Waals surface area contributed by atoms with Crippen molar-refractivity contribution >= 4 is 28.6 Å². The second kappa shape index (κ2) is 5.10. The molecule has 2 rings (SSSR count). The van der Waals surface area contributed by atoms with Crippen LogP contribution in [0.25, 0.3) is 0 Å². The number of rotatable bonds is 3.